The molecule has 4 aromatic rings. The van der Waals surface area contributed by atoms with Gasteiger partial charge in [0.2, 0.25) is 0 Å². The maximum absolute atomic E-state index is 4.61. The average molecular weight is 425 g/mol. The molecule has 4 nitrogen and oxygen atoms in total. The van der Waals surface area contributed by atoms with Gasteiger partial charge in [0.05, 0.1) is 0 Å². The summed E-state index contributed by atoms with van der Waals surface area (Å²) >= 11 is 0. The van der Waals surface area contributed by atoms with E-state index in [-0.39, 0.29) is 0 Å². The fourth-order valence-electron chi connectivity index (χ4n) is 5.01. The molecule has 3 N–H and O–H groups in total. The minimum absolute atomic E-state index is 0.561. The number of rotatable bonds is 7. The third kappa shape index (κ3) is 3.86. The van der Waals surface area contributed by atoms with E-state index in [4.69, 9.17) is 0 Å². The number of nitrogens with zero attached hydrogens (tertiary/aromatic N) is 1. The summed E-state index contributed by atoms with van der Waals surface area (Å²) in [4.78, 5) is 8.08. The second kappa shape index (κ2) is 8.70. The van der Waals surface area contributed by atoms with Crippen LogP contribution >= 0.6 is 0 Å². The minimum atomic E-state index is 0.561. The van der Waals surface area contributed by atoms with E-state index in [0.717, 1.165) is 31.5 Å². The Morgan fingerprint density at radius 1 is 1.09 bits per heavy atom. The van der Waals surface area contributed by atoms with Gasteiger partial charge in [0, 0.05) is 52.6 Å². The molecule has 0 spiro atoms. The van der Waals surface area contributed by atoms with Crippen LogP contribution < -0.4 is 10.6 Å². The normalized spacial score (nSPS) is 15.2. The Morgan fingerprint density at radius 3 is 2.84 bits per heavy atom. The van der Waals surface area contributed by atoms with Crippen molar-refractivity contribution in [2.45, 2.75) is 52.4 Å². The number of pyridine rings is 1. The molecule has 4 heteroatoms. The lowest BCUT2D eigenvalue weighted by molar-refractivity contribution is 0.731. The van der Waals surface area contributed by atoms with Crippen molar-refractivity contribution in [2.75, 3.05) is 17.2 Å². The molecule has 0 aliphatic heterocycles. The first kappa shape index (κ1) is 20.6. The first-order valence-electron chi connectivity index (χ1n) is 11.8. The zero-order valence-electron chi connectivity index (χ0n) is 19.3. The highest BCUT2D eigenvalue weighted by atomic mass is 14.9. The number of anilines is 3. The fraction of sp³-hybridized carbons (Fsp3) is 0.321. The monoisotopic (exact) mass is 424 g/mol. The Bertz CT molecular complexity index is 1250. The molecule has 0 fully saturated rings. The van der Waals surface area contributed by atoms with Crippen LogP contribution in [0.15, 0.2) is 54.9 Å². The van der Waals surface area contributed by atoms with Gasteiger partial charge in [-0.2, -0.15) is 0 Å². The molecular weight excluding hydrogens is 392 g/mol. The molecule has 2 aromatic heterocycles. The van der Waals surface area contributed by atoms with E-state index in [1.807, 2.05) is 6.20 Å². The third-order valence-electron chi connectivity index (χ3n) is 6.87. The van der Waals surface area contributed by atoms with Crippen LogP contribution in [0.2, 0.25) is 0 Å². The highest BCUT2D eigenvalue weighted by Gasteiger charge is 2.22. The molecule has 0 saturated heterocycles. The van der Waals surface area contributed by atoms with Crippen molar-refractivity contribution in [1.82, 2.24) is 9.97 Å². The highest BCUT2D eigenvalue weighted by molar-refractivity contribution is 5.86. The van der Waals surface area contributed by atoms with Crippen molar-refractivity contribution < 1.29 is 0 Å². The Kier molecular flexibility index (Phi) is 5.60. The van der Waals surface area contributed by atoms with E-state index >= 15 is 0 Å². The Hall–Kier alpha value is -3.27. The van der Waals surface area contributed by atoms with Gasteiger partial charge < -0.3 is 15.6 Å². The van der Waals surface area contributed by atoms with E-state index in [9.17, 15) is 0 Å². The summed E-state index contributed by atoms with van der Waals surface area (Å²) in [6.07, 6.45) is 8.45. The molecule has 5 rings (SSSR count). The standard InChI is InChI=1S/C28H32N4/c1-4-20-6-5-7-23-21(17-31-28(20)23)12-14-29-25-11-9-22(16-19(25)3)32-26-13-15-30-27-18(2)8-10-24(26)27/h5-7,9,11,13,15-18,29,31H,4,8,10,12,14H2,1-3H3,(H,30,32). The lowest BCUT2D eigenvalue weighted by Crippen LogP contribution is -2.06. The molecule has 32 heavy (non-hydrogen) atoms. The topological polar surface area (TPSA) is 52.7 Å². The summed E-state index contributed by atoms with van der Waals surface area (Å²) in [5, 5.41) is 8.61. The number of nitrogens with one attached hydrogen (secondary N) is 3. The van der Waals surface area contributed by atoms with Crippen LogP contribution in [-0.4, -0.2) is 16.5 Å². The number of benzene rings is 2. The number of aryl methyl sites for hydroxylation is 2. The fourth-order valence-corrected chi connectivity index (χ4v) is 5.01. The Labute approximate surface area is 190 Å². The van der Waals surface area contributed by atoms with E-state index in [0.29, 0.717) is 5.92 Å². The van der Waals surface area contributed by atoms with Gasteiger partial charge in [0.1, 0.15) is 0 Å². The van der Waals surface area contributed by atoms with Gasteiger partial charge in [-0.3, -0.25) is 4.98 Å². The largest absolute Gasteiger partial charge is 0.384 e. The number of para-hydroxylation sites is 1. The molecule has 1 atom stereocenters. The Morgan fingerprint density at radius 2 is 2.00 bits per heavy atom. The summed E-state index contributed by atoms with van der Waals surface area (Å²) in [5.41, 5.74) is 11.5. The number of hydrogen-bond acceptors (Lipinski definition) is 3. The number of aromatic nitrogens is 2. The molecule has 0 amide bonds. The molecule has 1 aliphatic rings. The SMILES string of the molecule is CCc1cccc2c(CCNc3ccc(Nc4ccnc5c4CCC5C)cc3C)c[nH]c12. The van der Waals surface area contributed by atoms with Crippen molar-refractivity contribution in [2.24, 2.45) is 0 Å². The quantitative estimate of drug-likeness (QED) is 0.303. The van der Waals surface area contributed by atoms with Crippen molar-refractivity contribution in [3.8, 4) is 0 Å². The van der Waals surface area contributed by atoms with Crippen molar-refractivity contribution in [3.63, 3.8) is 0 Å². The summed E-state index contributed by atoms with van der Waals surface area (Å²) < 4.78 is 0. The van der Waals surface area contributed by atoms with Gasteiger partial charge in [0.15, 0.2) is 0 Å². The predicted molar refractivity (Wildman–Crippen MR) is 135 cm³/mol. The van der Waals surface area contributed by atoms with Gasteiger partial charge in [0.25, 0.3) is 0 Å². The maximum atomic E-state index is 4.61. The maximum Gasteiger partial charge on any atom is 0.0489 e. The summed E-state index contributed by atoms with van der Waals surface area (Å²) in [7, 11) is 0. The van der Waals surface area contributed by atoms with Crippen molar-refractivity contribution in [3.05, 3.63) is 82.8 Å². The molecular formula is C28H32N4. The molecule has 2 aromatic carbocycles. The van der Waals surface area contributed by atoms with Gasteiger partial charge in [-0.05, 0) is 85.0 Å². The highest BCUT2D eigenvalue weighted by Crippen LogP contribution is 2.36. The zero-order chi connectivity index (χ0) is 22.1. The van der Waals surface area contributed by atoms with Crippen LogP contribution in [0.3, 0.4) is 0 Å². The van der Waals surface area contributed by atoms with Crippen LogP contribution in [-0.2, 0) is 19.3 Å². The van der Waals surface area contributed by atoms with Crippen LogP contribution in [0.25, 0.3) is 10.9 Å². The van der Waals surface area contributed by atoms with Crippen LogP contribution in [0, 0.1) is 6.92 Å². The van der Waals surface area contributed by atoms with E-state index in [1.165, 1.54) is 56.6 Å². The van der Waals surface area contributed by atoms with E-state index < -0.39 is 0 Å². The first-order valence-corrected chi connectivity index (χ1v) is 11.8. The van der Waals surface area contributed by atoms with Crippen LogP contribution in [0.1, 0.15) is 54.1 Å². The predicted octanol–water partition coefficient (Wildman–Crippen LogP) is 6.88. The third-order valence-corrected chi connectivity index (χ3v) is 6.87. The average Bonchev–Trinajstić information content (AvgIpc) is 3.39. The molecule has 1 unspecified atom stereocenters. The lowest BCUT2D eigenvalue weighted by Gasteiger charge is -2.14. The van der Waals surface area contributed by atoms with Gasteiger partial charge >= 0.3 is 0 Å². The molecule has 2 heterocycles. The van der Waals surface area contributed by atoms with Gasteiger partial charge in [-0.15, -0.1) is 0 Å². The number of H-pyrrole nitrogens is 1. The number of hydrogen-bond donors (Lipinski definition) is 3. The molecule has 0 bridgehead atoms. The number of aromatic amines is 1. The molecule has 0 saturated carbocycles. The lowest BCUT2D eigenvalue weighted by atomic mass is 10.1. The van der Waals surface area contributed by atoms with Crippen molar-refractivity contribution in [1.29, 1.82) is 0 Å². The molecule has 1 aliphatic carbocycles. The molecule has 0 radical (unpaired) electrons. The zero-order valence-corrected chi connectivity index (χ0v) is 19.3. The number of fused-ring (bicyclic) bond motifs is 2. The van der Waals surface area contributed by atoms with Crippen LogP contribution in [0.5, 0.6) is 0 Å². The van der Waals surface area contributed by atoms with Crippen molar-refractivity contribution >= 4 is 28.0 Å². The van der Waals surface area contributed by atoms with Gasteiger partial charge in [-0.25, -0.2) is 0 Å². The minimum Gasteiger partial charge on any atom is -0.384 e. The molecule has 164 valence electrons. The smallest absolute Gasteiger partial charge is 0.0489 e. The van der Waals surface area contributed by atoms with E-state index in [1.54, 1.807) is 0 Å². The second-order valence-corrected chi connectivity index (χ2v) is 9.00. The summed E-state index contributed by atoms with van der Waals surface area (Å²) in [6, 6.07) is 15.3. The summed E-state index contributed by atoms with van der Waals surface area (Å²) in [6.45, 7) is 7.56. The summed E-state index contributed by atoms with van der Waals surface area (Å²) in [5.74, 6) is 0.561. The Balaban J connectivity index is 1.25. The first-order chi connectivity index (χ1) is 15.6. The van der Waals surface area contributed by atoms with E-state index in [2.05, 4.69) is 90.0 Å². The van der Waals surface area contributed by atoms with Crippen LogP contribution in [0.4, 0.5) is 17.1 Å². The second-order valence-electron chi connectivity index (χ2n) is 9.00. The van der Waals surface area contributed by atoms with Gasteiger partial charge in [-0.1, -0.05) is 32.0 Å².